The van der Waals surface area contributed by atoms with E-state index in [0.717, 1.165) is 8.19 Å². The van der Waals surface area contributed by atoms with Crippen LogP contribution in [0.2, 0.25) is 0 Å². The van der Waals surface area contributed by atoms with E-state index in [4.69, 9.17) is 0 Å². The molecular weight excluding hydrogens is 342 g/mol. The average molecular weight is 359 g/mol. The third kappa shape index (κ3) is 5.72. The summed E-state index contributed by atoms with van der Waals surface area (Å²) in [4.78, 5) is 0. The Morgan fingerprint density at radius 3 is 2.15 bits per heavy atom. The monoisotopic (exact) mass is 358 g/mol. The summed E-state index contributed by atoms with van der Waals surface area (Å²) in [6.07, 6.45) is 0. The van der Waals surface area contributed by atoms with Gasteiger partial charge in [-0.2, -0.15) is 34.9 Å². The van der Waals surface area contributed by atoms with E-state index >= 15 is 0 Å². The molecule has 0 aliphatic carbocycles. The molecule has 3 rings (SSSR count). The fourth-order valence-corrected chi connectivity index (χ4v) is 2.68. The molecule has 0 N–H and O–H groups in total. The van der Waals surface area contributed by atoms with Crippen LogP contribution < -0.4 is 24.8 Å². The Morgan fingerprint density at radius 2 is 1.70 bits per heavy atom. The topological polar surface area (TPSA) is 0 Å². The Hall–Kier alpha value is -0.0957. The van der Waals surface area contributed by atoms with Gasteiger partial charge in [0.25, 0.3) is 0 Å². The van der Waals surface area contributed by atoms with Gasteiger partial charge in [0.15, 0.2) is 0 Å². The third-order valence-electron chi connectivity index (χ3n) is 3.04. The number of hydrogen-bond donors (Lipinski definition) is 0. The van der Waals surface area contributed by atoms with Crippen molar-refractivity contribution in [3.05, 3.63) is 64.7 Å². The van der Waals surface area contributed by atoms with E-state index in [2.05, 4.69) is 68.8 Å². The minimum absolute atomic E-state index is 0. The van der Waals surface area contributed by atoms with Gasteiger partial charge in [0.2, 0.25) is 0 Å². The standard InChI is InChI=1S/C10H9.C6H8P.2ClH.Ti/c1-8-6-7-9-4-2-3-5-10(8)9;1-5-3-7-4-6(5)2;;;/h2-7H,1H3;3,7H,1-2H3;2*1H;/q2*-1;;;+4/p-2. The molecule has 0 nitrogen and oxygen atoms in total. The van der Waals surface area contributed by atoms with E-state index in [1.807, 2.05) is 0 Å². The van der Waals surface area contributed by atoms with Crippen molar-refractivity contribution in [3.8, 4) is 0 Å². The van der Waals surface area contributed by atoms with E-state index in [9.17, 15) is 0 Å². The molecule has 0 bridgehead atoms. The summed E-state index contributed by atoms with van der Waals surface area (Å²) in [6.45, 7) is 6.37. The molecule has 1 heterocycles. The quantitative estimate of drug-likeness (QED) is 0.357. The van der Waals surface area contributed by atoms with Gasteiger partial charge in [-0.15, -0.1) is 34.5 Å². The van der Waals surface area contributed by atoms with E-state index in [1.165, 1.54) is 27.5 Å². The average Bonchev–Trinajstić information content (AvgIpc) is 2.89. The molecule has 0 aliphatic heterocycles. The second-order valence-electron chi connectivity index (χ2n) is 4.33. The molecule has 4 heteroatoms. The van der Waals surface area contributed by atoms with Crippen molar-refractivity contribution in [1.29, 1.82) is 0 Å². The van der Waals surface area contributed by atoms with Crippen LogP contribution in [0.25, 0.3) is 10.8 Å². The number of hydrogen-bond acceptors (Lipinski definition) is 0. The van der Waals surface area contributed by atoms with Crippen LogP contribution in [0.5, 0.6) is 0 Å². The van der Waals surface area contributed by atoms with Crippen molar-refractivity contribution in [2.24, 2.45) is 0 Å². The van der Waals surface area contributed by atoms with Gasteiger partial charge < -0.3 is 24.8 Å². The number of benzene rings is 1. The van der Waals surface area contributed by atoms with Gasteiger partial charge >= 0.3 is 21.7 Å². The molecule has 3 aromatic rings. The largest absolute Gasteiger partial charge is 4.00 e. The van der Waals surface area contributed by atoms with E-state index in [-0.39, 0.29) is 46.5 Å². The van der Waals surface area contributed by atoms with Crippen molar-refractivity contribution in [3.63, 3.8) is 0 Å². The SMILES string of the molecule is C[c-]1ccc2ccccc21.Cc1[c-][pH]cc1C.[Cl-].[Cl-].[Ti+4]. The molecule has 0 fully saturated rings. The molecule has 0 saturated heterocycles. The second-order valence-corrected chi connectivity index (χ2v) is 5.15. The fourth-order valence-electron chi connectivity index (χ4n) is 1.77. The Bertz CT molecular complexity index is 597. The van der Waals surface area contributed by atoms with Crippen molar-refractivity contribution < 1.29 is 46.5 Å². The Kier molecular flexibility index (Phi) is 11.8. The maximum Gasteiger partial charge on any atom is 4.00 e. The van der Waals surface area contributed by atoms with Gasteiger partial charge in [0.1, 0.15) is 0 Å². The van der Waals surface area contributed by atoms with Gasteiger partial charge in [-0.25, -0.2) is 0 Å². The van der Waals surface area contributed by atoms with Crippen LogP contribution in [0.1, 0.15) is 16.7 Å². The maximum absolute atomic E-state index is 3.22. The summed E-state index contributed by atoms with van der Waals surface area (Å²) in [5.41, 5.74) is 4.10. The number of halogens is 2. The molecule has 0 amide bonds. The molecule has 1 aromatic heterocycles. The van der Waals surface area contributed by atoms with Crippen molar-refractivity contribution in [2.75, 3.05) is 0 Å². The van der Waals surface area contributed by atoms with Crippen LogP contribution in [0.15, 0.2) is 42.2 Å². The van der Waals surface area contributed by atoms with Gasteiger partial charge in [0, 0.05) is 0 Å². The fraction of sp³-hybridized carbons (Fsp3) is 0.188. The Morgan fingerprint density at radius 1 is 1.05 bits per heavy atom. The molecular formula is C16H17Cl2PTi. The molecule has 0 saturated carbocycles. The first-order valence-corrected chi connectivity index (χ1v) is 6.89. The molecule has 20 heavy (non-hydrogen) atoms. The van der Waals surface area contributed by atoms with Gasteiger partial charge in [0.05, 0.1) is 0 Å². The van der Waals surface area contributed by atoms with Crippen molar-refractivity contribution in [1.82, 2.24) is 0 Å². The van der Waals surface area contributed by atoms with Crippen LogP contribution in [0.4, 0.5) is 0 Å². The minimum Gasteiger partial charge on any atom is -1.00 e. The van der Waals surface area contributed by atoms with Crippen molar-refractivity contribution in [2.45, 2.75) is 20.8 Å². The van der Waals surface area contributed by atoms with Gasteiger partial charge in [-0.3, -0.25) is 8.19 Å². The van der Waals surface area contributed by atoms with Crippen LogP contribution in [0.3, 0.4) is 0 Å². The molecule has 0 radical (unpaired) electrons. The summed E-state index contributed by atoms with van der Waals surface area (Å²) in [6, 6.07) is 12.8. The maximum atomic E-state index is 3.22. The third-order valence-corrected chi connectivity index (χ3v) is 4.14. The molecule has 1 unspecified atom stereocenters. The minimum atomic E-state index is 0. The normalized spacial score (nSPS) is 8.95. The Balaban J connectivity index is 0. The number of aryl methyl sites for hydroxylation is 3. The zero-order chi connectivity index (χ0) is 12.3. The summed E-state index contributed by atoms with van der Waals surface area (Å²) >= 11 is 0. The van der Waals surface area contributed by atoms with Crippen LogP contribution in [0, 0.1) is 26.6 Å². The predicted octanol–water partition coefficient (Wildman–Crippen LogP) is -0.992. The zero-order valence-corrected chi connectivity index (χ0v) is 15.9. The number of rotatable bonds is 0. The summed E-state index contributed by atoms with van der Waals surface area (Å²) in [5, 5.41) is 2.72. The molecule has 1 atom stereocenters. The first kappa shape index (κ1) is 22.2. The van der Waals surface area contributed by atoms with Crippen LogP contribution in [-0.2, 0) is 21.7 Å². The number of fused-ring (bicyclic) bond motifs is 1. The molecule has 2 aromatic carbocycles. The predicted molar refractivity (Wildman–Crippen MR) is 78.5 cm³/mol. The van der Waals surface area contributed by atoms with Gasteiger partial charge in [-0.05, 0) is 0 Å². The smallest absolute Gasteiger partial charge is 1.00 e. The molecule has 0 aliphatic rings. The van der Waals surface area contributed by atoms with E-state index < -0.39 is 0 Å². The van der Waals surface area contributed by atoms with E-state index in [1.54, 1.807) is 0 Å². The molecule has 104 valence electrons. The summed E-state index contributed by atoms with van der Waals surface area (Å²) in [5.74, 6) is 5.44. The zero-order valence-electron chi connectivity index (χ0n) is 11.8. The summed E-state index contributed by atoms with van der Waals surface area (Å²) < 4.78 is 0. The Labute approximate surface area is 150 Å². The molecule has 0 spiro atoms. The summed E-state index contributed by atoms with van der Waals surface area (Å²) in [7, 11) is 0.820. The second kappa shape index (κ2) is 10.6. The van der Waals surface area contributed by atoms with Crippen LogP contribution >= 0.6 is 8.19 Å². The van der Waals surface area contributed by atoms with E-state index in [0.29, 0.717) is 0 Å². The first-order chi connectivity index (χ1) is 8.18. The first-order valence-electron chi connectivity index (χ1n) is 5.82. The van der Waals surface area contributed by atoms with Crippen LogP contribution in [-0.4, -0.2) is 0 Å². The van der Waals surface area contributed by atoms with Gasteiger partial charge in [-0.1, -0.05) is 26.8 Å². The van der Waals surface area contributed by atoms with Crippen molar-refractivity contribution >= 4 is 19.0 Å².